The largest absolute Gasteiger partial charge is 0.338 e. The number of H-pyrrole nitrogens is 1. The van der Waals surface area contributed by atoms with Gasteiger partial charge >= 0.3 is 0 Å². The molecule has 2 aromatic heterocycles. The maximum Gasteiger partial charge on any atom is 0.160 e. The molecule has 0 aliphatic rings. The standard InChI is InChI=1S/C12H7FIN3/c13-9-4-2-1-3-8(9)10-5-7-6-11(14)16-17-12(7)15-10/h1-6H,(H,15,17). The van der Waals surface area contributed by atoms with E-state index in [2.05, 4.69) is 37.8 Å². The van der Waals surface area contributed by atoms with Crippen molar-refractivity contribution in [3.05, 3.63) is 45.9 Å². The van der Waals surface area contributed by atoms with Gasteiger partial charge in [0, 0.05) is 10.9 Å². The molecule has 17 heavy (non-hydrogen) atoms. The Labute approximate surface area is 110 Å². The molecular formula is C12H7FIN3. The molecule has 0 saturated carbocycles. The van der Waals surface area contributed by atoms with E-state index in [0.29, 0.717) is 11.2 Å². The summed E-state index contributed by atoms with van der Waals surface area (Å²) in [4.78, 5) is 3.06. The molecule has 1 aromatic carbocycles. The summed E-state index contributed by atoms with van der Waals surface area (Å²) in [5, 5.41) is 8.90. The Morgan fingerprint density at radius 3 is 2.76 bits per heavy atom. The highest BCUT2D eigenvalue weighted by Gasteiger charge is 2.08. The Kier molecular flexibility index (Phi) is 2.54. The van der Waals surface area contributed by atoms with Gasteiger partial charge < -0.3 is 4.98 Å². The third-order valence-corrected chi connectivity index (χ3v) is 3.04. The van der Waals surface area contributed by atoms with Gasteiger partial charge in [0.25, 0.3) is 0 Å². The summed E-state index contributed by atoms with van der Waals surface area (Å²) >= 11 is 2.10. The molecule has 0 atom stereocenters. The van der Waals surface area contributed by atoms with Crippen LogP contribution in [0.1, 0.15) is 0 Å². The number of hydrogen-bond acceptors (Lipinski definition) is 2. The Bertz CT molecular complexity index is 693. The summed E-state index contributed by atoms with van der Waals surface area (Å²) in [6.45, 7) is 0. The quantitative estimate of drug-likeness (QED) is 0.691. The van der Waals surface area contributed by atoms with Crippen LogP contribution < -0.4 is 0 Å². The van der Waals surface area contributed by atoms with Crippen LogP contribution in [-0.2, 0) is 0 Å². The van der Waals surface area contributed by atoms with Gasteiger partial charge in [-0.3, -0.25) is 0 Å². The fraction of sp³-hybridized carbons (Fsp3) is 0. The second-order valence-electron chi connectivity index (χ2n) is 3.63. The van der Waals surface area contributed by atoms with Crippen LogP contribution in [0.15, 0.2) is 36.4 Å². The van der Waals surface area contributed by atoms with Gasteiger partial charge in [-0.15, -0.1) is 10.2 Å². The van der Waals surface area contributed by atoms with Crippen LogP contribution in [0.25, 0.3) is 22.3 Å². The van der Waals surface area contributed by atoms with Crippen LogP contribution in [0, 0.1) is 9.52 Å². The summed E-state index contributed by atoms with van der Waals surface area (Å²) in [5.41, 5.74) is 1.93. The molecule has 0 saturated heterocycles. The van der Waals surface area contributed by atoms with E-state index in [1.54, 1.807) is 18.2 Å². The second-order valence-corrected chi connectivity index (χ2v) is 4.74. The van der Waals surface area contributed by atoms with Gasteiger partial charge in [0.2, 0.25) is 0 Å². The highest BCUT2D eigenvalue weighted by atomic mass is 127. The maximum absolute atomic E-state index is 13.6. The third kappa shape index (κ3) is 1.90. The molecule has 5 heteroatoms. The number of halogens is 2. The van der Waals surface area contributed by atoms with E-state index in [0.717, 1.165) is 14.8 Å². The highest BCUT2D eigenvalue weighted by Crippen LogP contribution is 2.25. The van der Waals surface area contributed by atoms with E-state index >= 15 is 0 Å². The molecule has 0 aliphatic heterocycles. The first-order valence-corrected chi connectivity index (χ1v) is 6.09. The zero-order valence-electron chi connectivity index (χ0n) is 8.61. The average molecular weight is 339 g/mol. The van der Waals surface area contributed by atoms with Gasteiger partial charge in [0.15, 0.2) is 5.65 Å². The van der Waals surface area contributed by atoms with Crippen molar-refractivity contribution in [2.45, 2.75) is 0 Å². The molecule has 3 rings (SSSR count). The first-order valence-electron chi connectivity index (χ1n) is 5.01. The highest BCUT2D eigenvalue weighted by molar-refractivity contribution is 14.1. The lowest BCUT2D eigenvalue weighted by atomic mass is 10.1. The smallest absolute Gasteiger partial charge is 0.160 e. The van der Waals surface area contributed by atoms with Gasteiger partial charge in [-0.25, -0.2) is 4.39 Å². The maximum atomic E-state index is 13.6. The lowest BCUT2D eigenvalue weighted by molar-refractivity contribution is 0.631. The molecule has 3 aromatic rings. The van der Waals surface area contributed by atoms with Crippen LogP contribution in [0.3, 0.4) is 0 Å². The zero-order chi connectivity index (χ0) is 11.8. The molecule has 0 amide bonds. The van der Waals surface area contributed by atoms with Crippen molar-refractivity contribution in [1.29, 1.82) is 0 Å². The lowest BCUT2D eigenvalue weighted by Gasteiger charge is -1.98. The Morgan fingerprint density at radius 1 is 1.12 bits per heavy atom. The SMILES string of the molecule is Fc1ccccc1-c1cc2cc(I)nnc2[nH]1. The number of benzene rings is 1. The van der Waals surface area contributed by atoms with Crippen molar-refractivity contribution in [3.63, 3.8) is 0 Å². The zero-order valence-corrected chi connectivity index (χ0v) is 10.8. The van der Waals surface area contributed by atoms with E-state index in [1.807, 2.05) is 12.1 Å². The summed E-state index contributed by atoms with van der Waals surface area (Å²) in [5.74, 6) is -0.248. The third-order valence-electron chi connectivity index (χ3n) is 2.51. The Balaban J connectivity index is 2.22. The van der Waals surface area contributed by atoms with Crippen molar-refractivity contribution in [2.24, 2.45) is 0 Å². The second kappa shape index (κ2) is 4.06. The first-order chi connectivity index (χ1) is 8.24. The van der Waals surface area contributed by atoms with E-state index in [-0.39, 0.29) is 5.82 Å². The lowest BCUT2D eigenvalue weighted by Crippen LogP contribution is -1.85. The normalized spacial score (nSPS) is 10.9. The summed E-state index contributed by atoms with van der Waals surface area (Å²) in [6.07, 6.45) is 0. The minimum Gasteiger partial charge on any atom is -0.338 e. The number of fused-ring (bicyclic) bond motifs is 1. The van der Waals surface area contributed by atoms with Crippen LogP contribution in [0.4, 0.5) is 4.39 Å². The molecule has 0 spiro atoms. The van der Waals surface area contributed by atoms with Crippen LogP contribution in [-0.4, -0.2) is 15.2 Å². The van der Waals surface area contributed by atoms with Gasteiger partial charge in [-0.1, -0.05) is 12.1 Å². The van der Waals surface area contributed by atoms with Crippen LogP contribution >= 0.6 is 22.6 Å². The number of hydrogen-bond donors (Lipinski definition) is 1. The Morgan fingerprint density at radius 2 is 1.94 bits per heavy atom. The van der Waals surface area contributed by atoms with Crippen LogP contribution in [0.5, 0.6) is 0 Å². The molecule has 84 valence electrons. The summed E-state index contributed by atoms with van der Waals surface area (Å²) in [7, 11) is 0. The summed E-state index contributed by atoms with van der Waals surface area (Å²) < 4.78 is 14.4. The van der Waals surface area contributed by atoms with Crippen molar-refractivity contribution in [3.8, 4) is 11.3 Å². The van der Waals surface area contributed by atoms with E-state index < -0.39 is 0 Å². The van der Waals surface area contributed by atoms with E-state index in [9.17, 15) is 4.39 Å². The van der Waals surface area contributed by atoms with Gasteiger partial charge in [0.05, 0.1) is 5.69 Å². The fourth-order valence-corrected chi connectivity index (χ4v) is 2.18. The van der Waals surface area contributed by atoms with E-state index in [1.165, 1.54) is 6.07 Å². The minimum absolute atomic E-state index is 0.248. The fourth-order valence-electron chi connectivity index (χ4n) is 1.73. The van der Waals surface area contributed by atoms with Crippen molar-refractivity contribution in [1.82, 2.24) is 15.2 Å². The molecule has 0 fully saturated rings. The molecule has 3 nitrogen and oxygen atoms in total. The molecule has 0 bridgehead atoms. The molecule has 0 aliphatic carbocycles. The number of nitrogens with one attached hydrogen (secondary N) is 1. The van der Waals surface area contributed by atoms with Gasteiger partial charge in [0.1, 0.15) is 9.52 Å². The van der Waals surface area contributed by atoms with Crippen LogP contribution in [0.2, 0.25) is 0 Å². The Hall–Kier alpha value is -1.50. The molecular weight excluding hydrogens is 332 g/mol. The number of aromatic nitrogens is 3. The first kappa shape index (κ1) is 10.6. The molecule has 1 N–H and O–H groups in total. The predicted octanol–water partition coefficient (Wildman–Crippen LogP) is 3.37. The van der Waals surface area contributed by atoms with Crippen molar-refractivity contribution < 1.29 is 4.39 Å². The van der Waals surface area contributed by atoms with Crippen molar-refractivity contribution >= 4 is 33.6 Å². The average Bonchev–Trinajstić information content (AvgIpc) is 2.72. The predicted molar refractivity (Wildman–Crippen MR) is 72.0 cm³/mol. The number of nitrogens with zero attached hydrogens (tertiary/aromatic N) is 2. The van der Waals surface area contributed by atoms with Crippen molar-refractivity contribution in [2.75, 3.05) is 0 Å². The molecule has 2 heterocycles. The van der Waals surface area contributed by atoms with Gasteiger partial charge in [-0.2, -0.15) is 0 Å². The number of aromatic amines is 1. The van der Waals surface area contributed by atoms with Gasteiger partial charge in [-0.05, 0) is 46.9 Å². The minimum atomic E-state index is -0.248. The molecule has 0 radical (unpaired) electrons. The number of rotatable bonds is 1. The molecule has 0 unspecified atom stereocenters. The topological polar surface area (TPSA) is 41.6 Å². The van der Waals surface area contributed by atoms with E-state index in [4.69, 9.17) is 0 Å². The monoisotopic (exact) mass is 339 g/mol. The summed E-state index contributed by atoms with van der Waals surface area (Å²) in [6, 6.07) is 10.4.